The average Bonchev–Trinajstić information content (AvgIpc) is 2.54. The Morgan fingerprint density at radius 1 is 1.53 bits per heavy atom. The van der Waals surface area contributed by atoms with Gasteiger partial charge in [-0.15, -0.1) is 11.3 Å². The topological polar surface area (TPSA) is 55.1 Å². The quantitative estimate of drug-likeness (QED) is 0.850. The van der Waals surface area contributed by atoms with E-state index in [1.165, 1.54) is 10.4 Å². The highest BCUT2D eigenvalue weighted by Crippen LogP contribution is 2.43. The average molecular weight is 252 g/mol. The van der Waals surface area contributed by atoms with Gasteiger partial charge in [0.15, 0.2) is 0 Å². The summed E-state index contributed by atoms with van der Waals surface area (Å²) in [5.74, 6) is 1.13. The van der Waals surface area contributed by atoms with Crippen molar-refractivity contribution in [3.63, 3.8) is 0 Å². The molecule has 1 heterocycles. The molecule has 1 aromatic heterocycles. The Hall–Kier alpha value is -1.03. The zero-order valence-electron chi connectivity index (χ0n) is 10.7. The third-order valence-electron chi connectivity index (χ3n) is 3.40. The first-order valence-corrected chi connectivity index (χ1v) is 7.05. The summed E-state index contributed by atoms with van der Waals surface area (Å²) < 4.78 is 0. The molecule has 0 fully saturated rings. The number of carbonyl (C=O) groups is 1. The van der Waals surface area contributed by atoms with Crippen LogP contribution in [-0.2, 0) is 6.42 Å². The molecule has 1 amide bonds. The van der Waals surface area contributed by atoms with Crippen LogP contribution in [0.2, 0.25) is 0 Å². The Morgan fingerprint density at radius 2 is 2.24 bits per heavy atom. The highest BCUT2D eigenvalue weighted by molar-refractivity contribution is 7.16. The molecule has 0 radical (unpaired) electrons. The number of carbonyl (C=O) groups excluding carboxylic acids is 1. The summed E-state index contributed by atoms with van der Waals surface area (Å²) in [4.78, 5) is 13.4. The molecular weight excluding hydrogens is 232 g/mol. The van der Waals surface area contributed by atoms with E-state index in [9.17, 15) is 4.79 Å². The second-order valence-corrected chi connectivity index (χ2v) is 6.12. The van der Waals surface area contributed by atoms with Crippen LogP contribution in [0.1, 0.15) is 53.9 Å². The van der Waals surface area contributed by atoms with Gasteiger partial charge in [0.25, 0.3) is 5.91 Å². The molecule has 0 saturated carbocycles. The fourth-order valence-corrected chi connectivity index (χ4v) is 4.14. The van der Waals surface area contributed by atoms with Gasteiger partial charge in [-0.25, -0.2) is 0 Å². The Kier molecular flexibility index (Phi) is 3.43. The van der Waals surface area contributed by atoms with E-state index in [0.717, 1.165) is 18.4 Å². The Morgan fingerprint density at radius 3 is 2.88 bits per heavy atom. The summed E-state index contributed by atoms with van der Waals surface area (Å²) in [5, 5.41) is 3.54. The number of amides is 1. The summed E-state index contributed by atoms with van der Waals surface area (Å²) in [6.45, 7) is 7.04. The molecule has 0 aliphatic heterocycles. The van der Waals surface area contributed by atoms with Gasteiger partial charge < -0.3 is 11.1 Å². The molecule has 0 bridgehead atoms. The van der Waals surface area contributed by atoms with Crippen molar-refractivity contribution in [1.82, 2.24) is 5.32 Å². The van der Waals surface area contributed by atoms with Crippen LogP contribution in [0.3, 0.4) is 0 Å². The molecule has 0 aromatic carbocycles. The molecule has 94 valence electrons. The molecule has 17 heavy (non-hydrogen) atoms. The highest BCUT2D eigenvalue weighted by Gasteiger charge is 2.30. The number of nitrogen functional groups attached to an aromatic ring is 1. The summed E-state index contributed by atoms with van der Waals surface area (Å²) in [6.07, 6.45) is 2.21. The van der Waals surface area contributed by atoms with Crippen LogP contribution in [0.25, 0.3) is 0 Å². The van der Waals surface area contributed by atoms with Crippen LogP contribution in [0, 0.1) is 5.92 Å². The van der Waals surface area contributed by atoms with E-state index >= 15 is 0 Å². The number of nitrogens with one attached hydrogen (secondary N) is 1. The van der Waals surface area contributed by atoms with E-state index < -0.39 is 0 Å². The lowest BCUT2D eigenvalue weighted by Gasteiger charge is -2.25. The van der Waals surface area contributed by atoms with E-state index in [0.29, 0.717) is 23.4 Å². The van der Waals surface area contributed by atoms with Crippen molar-refractivity contribution in [2.45, 2.75) is 39.5 Å². The third kappa shape index (κ3) is 2.18. The number of hydrogen-bond donors (Lipinski definition) is 2. The number of anilines is 1. The van der Waals surface area contributed by atoms with Crippen molar-refractivity contribution in [1.29, 1.82) is 0 Å². The SMILES string of the molecule is CCNC(=O)c1c(N)sc2c1C(C)CC(C)C2. The van der Waals surface area contributed by atoms with Gasteiger partial charge in [-0.2, -0.15) is 0 Å². The van der Waals surface area contributed by atoms with Crippen molar-refractivity contribution < 1.29 is 4.79 Å². The monoisotopic (exact) mass is 252 g/mol. The highest BCUT2D eigenvalue weighted by atomic mass is 32.1. The zero-order chi connectivity index (χ0) is 12.6. The van der Waals surface area contributed by atoms with Crippen LogP contribution in [-0.4, -0.2) is 12.5 Å². The van der Waals surface area contributed by atoms with Crippen molar-refractivity contribution in [3.8, 4) is 0 Å². The minimum absolute atomic E-state index is 0.0103. The first kappa shape index (κ1) is 12.4. The summed E-state index contributed by atoms with van der Waals surface area (Å²) in [6, 6.07) is 0. The fraction of sp³-hybridized carbons (Fsp3) is 0.615. The molecule has 4 heteroatoms. The smallest absolute Gasteiger partial charge is 0.254 e. The maximum absolute atomic E-state index is 12.0. The minimum Gasteiger partial charge on any atom is -0.390 e. The Bertz CT molecular complexity index is 439. The van der Waals surface area contributed by atoms with E-state index in [1.54, 1.807) is 11.3 Å². The molecule has 1 aliphatic rings. The fourth-order valence-electron chi connectivity index (χ4n) is 2.79. The zero-order valence-corrected chi connectivity index (χ0v) is 11.5. The first-order valence-electron chi connectivity index (χ1n) is 6.23. The minimum atomic E-state index is -0.0103. The van der Waals surface area contributed by atoms with E-state index in [2.05, 4.69) is 19.2 Å². The van der Waals surface area contributed by atoms with Crippen molar-refractivity contribution in [2.75, 3.05) is 12.3 Å². The molecule has 2 unspecified atom stereocenters. The lowest BCUT2D eigenvalue weighted by molar-refractivity contribution is 0.0955. The lowest BCUT2D eigenvalue weighted by atomic mass is 9.81. The second kappa shape index (κ2) is 4.69. The van der Waals surface area contributed by atoms with E-state index in [4.69, 9.17) is 5.73 Å². The van der Waals surface area contributed by atoms with E-state index in [1.807, 2.05) is 6.92 Å². The lowest BCUT2D eigenvalue weighted by Crippen LogP contribution is -2.25. The molecule has 2 atom stereocenters. The maximum atomic E-state index is 12.0. The van der Waals surface area contributed by atoms with Crippen LogP contribution in [0.5, 0.6) is 0 Å². The summed E-state index contributed by atoms with van der Waals surface area (Å²) >= 11 is 1.60. The van der Waals surface area contributed by atoms with Crippen molar-refractivity contribution in [2.24, 2.45) is 5.92 Å². The van der Waals surface area contributed by atoms with Gasteiger partial charge in [0, 0.05) is 11.4 Å². The van der Waals surface area contributed by atoms with Gasteiger partial charge >= 0.3 is 0 Å². The summed E-state index contributed by atoms with van der Waals surface area (Å²) in [7, 11) is 0. The molecule has 3 nitrogen and oxygen atoms in total. The predicted octanol–water partition coefficient (Wildman–Crippen LogP) is 2.77. The van der Waals surface area contributed by atoms with Gasteiger partial charge in [-0.1, -0.05) is 13.8 Å². The van der Waals surface area contributed by atoms with Gasteiger partial charge in [-0.3, -0.25) is 4.79 Å². The van der Waals surface area contributed by atoms with Crippen molar-refractivity contribution >= 4 is 22.2 Å². The largest absolute Gasteiger partial charge is 0.390 e. The normalized spacial score (nSPS) is 23.2. The first-order chi connectivity index (χ1) is 8.04. The maximum Gasteiger partial charge on any atom is 0.254 e. The van der Waals surface area contributed by atoms with Gasteiger partial charge in [-0.05, 0) is 37.2 Å². The number of nitrogens with two attached hydrogens (primary N) is 1. The molecule has 0 saturated heterocycles. The standard InChI is InChI=1S/C13H20N2OS/c1-4-15-13(16)11-10-8(3)5-7(2)6-9(10)17-12(11)14/h7-8H,4-6,14H2,1-3H3,(H,15,16). The summed E-state index contributed by atoms with van der Waals surface area (Å²) in [5.41, 5.74) is 7.96. The van der Waals surface area contributed by atoms with Crippen LogP contribution < -0.4 is 11.1 Å². The molecule has 0 spiro atoms. The number of rotatable bonds is 2. The number of fused-ring (bicyclic) bond motifs is 1. The Balaban J connectivity index is 2.44. The van der Waals surface area contributed by atoms with Gasteiger partial charge in [0.1, 0.15) is 0 Å². The second-order valence-electron chi connectivity index (χ2n) is 4.98. The van der Waals surface area contributed by atoms with Gasteiger partial charge in [0.2, 0.25) is 0 Å². The number of hydrogen-bond acceptors (Lipinski definition) is 3. The van der Waals surface area contributed by atoms with Crippen LogP contribution in [0.15, 0.2) is 0 Å². The number of thiophene rings is 1. The predicted molar refractivity (Wildman–Crippen MR) is 72.6 cm³/mol. The molecule has 3 N–H and O–H groups in total. The van der Waals surface area contributed by atoms with Crippen molar-refractivity contribution in [3.05, 3.63) is 16.0 Å². The van der Waals surface area contributed by atoms with Gasteiger partial charge in [0.05, 0.1) is 10.6 Å². The Labute approximate surface area is 106 Å². The molecule has 1 aliphatic carbocycles. The van der Waals surface area contributed by atoms with E-state index in [-0.39, 0.29) is 5.91 Å². The third-order valence-corrected chi connectivity index (χ3v) is 4.45. The van der Waals surface area contributed by atoms with Crippen LogP contribution >= 0.6 is 11.3 Å². The van der Waals surface area contributed by atoms with Crippen LogP contribution in [0.4, 0.5) is 5.00 Å². The molecular formula is C13H20N2OS. The molecule has 2 rings (SSSR count). The molecule has 1 aromatic rings.